The van der Waals surface area contributed by atoms with Crippen LogP contribution in [0.3, 0.4) is 0 Å². The van der Waals surface area contributed by atoms with Crippen LogP contribution in [-0.4, -0.2) is 24.9 Å². The number of allylic oxidation sites excluding steroid dienone is 1. The van der Waals surface area contributed by atoms with Gasteiger partial charge in [-0.1, -0.05) is 53.4 Å². The van der Waals surface area contributed by atoms with Crippen molar-refractivity contribution in [1.29, 1.82) is 0 Å². The third-order valence-corrected chi connectivity index (χ3v) is 5.64. The first-order valence-corrected chi connectivity index (χ1v) is 9.66. The molecule has 1 aliphatic heterocycles. The van der Waals surface area contributed by atoms with E-state index in [-0.39, 0.29) is 5.50 Å². The lowest BCUT2D eigenvalue weighted by Gasteiger charge is -2.27. The van der Waals surface area contributed by atoms with Gasteiger partial charge in [0.25, 0.3) is 0 Å². The van der Waals surface area contributed by atoms with E-state index in [0.29, 0.717) is 0 Å². The van der Waals surface area contributed by atoms with Crippen molar-refractivity contribution in [1.82, 2.24) is 24.9 Å². The Morgan fingerprint density at radius 3 is 2.69 bits per heavy atom. The zero-order chi connectivity index (χ0) is 17.8. The van der Waals surface area contributed by atoms with Gasteiger partial charge < -0.3 is 4.90 Å². The topological polar surface area (TPSA) is 46.8 Å². The first kappa shape index (κ1) is 16.8. The molecule has 1 atom stereocenters. The first-order valence-electron chi connectivity index (χ1n) is 8.72. The van der Waals surface area contributed by atoms with Gasteiger partial charge in [0.1, 0.15) is 0 Å². The SMILES string of the molecule is CC1=CSC(n2cc(CCc3ccccc3)nn2)N1Cc1cccnc1. The molecular formula is C20H21N5S. The standard InChI is InChI=1S/C20H21N5S/c1-16-15-26-20(24(16)13-18-8-5-11-21-12-18)25-14-19(22-23-25)10-9-17-6-3-2-4-7-17/h2-8,11-12,14-15,20H,9-10,13H2,1H3. The van der Waals surface area contributed by atoms with E-state index < -0.39 is 0 Å². The van der Waals surface area contributed by atoms with E-state index in [2.05, 4.69) is 69.1 Å². The molecule has 0 radical (unpaired) electrons. The van der Waals surface area contributed by atoms with E-state index >= 15 is 0 Å². The highest BCUT2D eigenvalue weighted by Gasteiger charge is 2.27. The van der Waals surface area contributed by atoms with Gasteiger partial charge in [-0.25, -0.2) is 4.68 Å². The summed E-state index contributed by atoms with van der Waals surface area (Å²) in [6, 6.07) is 14.6. The van der Waals surface area contributed by atoms with Crippen molar-refractivity contribution >= 4 is 11.8 Å². The first-order chi connectivity index (χ1) is 12.8. The lowest BCUT2D eigenvalue weighted by Crippen LogP contribution is -2.26. The highest BCUT2D eigenvalue weighted by atomic mass is 32.2. The fraction of sp³-hybridized carbons (Fsp3) is 0.250. The Morgan fingerprint density at radius 1 is 1.04 bits per heavy atom. The van der Waals surface area contributed by atoms with Gasteiger partial charge in [-0.05, 0) is 42.4 Å². The van der Waals surface area contributed by atoms with Crippen LogP contribution in [0.15, 0.2) is 72.2 Å². The molecule has 0 amide bonds. The van der Waals surface area contributed by atoms with E-state index in [9.17, 15) is 0 Å². The molecule has 0 aliphatic carbocycles. The molecule has 0 saturated heterocycles. The molecule has 2 aromatic heterocycles. The maximum absolute atomic E-state index is 4.39. The number of nitrogens with zero attached hydrogens (tertiary/aromatic N) is 5. The number of thioether (sulfide) groups is 1. The average molecular weight is 363 g/mol. The summed E-state index contributed by atoms with van der Waals surface area (Å²) < 4.78 is 1.97. The minimum atomic E-state index is 0.105. The Morgan fingerprint density at radius 2 is 1.88 bits per heavy atom. The summed E-state index contributed by atoms with van der Waals surface area (Å²) in [6.07, 6.45) is 7.67. The molecule has 1 unspecified atom stereocenters. The normalized spacial score (nSPS) is 16.7. The number of pyridine rings is 1. The van der Waals surface area contributed by atoms with Gasteiger partial charge in [-0.3, -0.25) is 4.98 Å². The Bertz CT molecular complexity index is 875. The molecule has 26 heavy (non-hydrogen) atoms. The molecule has 3 aromatic rings. The van der Waals surface area contributed by atoms with Crippen LogP contribution in [0.2, 0.25) is 0 Å². The molecule has 0 spiro atoms. The number of hydrogen-bond acceptors (Lipinski definition) is 5. The fourth-order valence-electron chi connectivity index (χ4n) is 3.02. The van der Waals surface area contributed by atoms with Crippen molar-refractivity contribution in [2.75, 3.05) is 0 Å². The van der Waals surface area contributed by atoms with Gasteiger partial charge in [0.05, 0.1) is 11.9 Å². The molecule has 0 bridgehead atoms. The van der Waals surface area contributed by atoms with E-state index in [1.165, 1.54) is 16.8 Å². The number of aromatic nitrogens is 4. The molecule has 4 rings (SSSR count). The molecule has 1 aromatic carbocycles. The summed E-state index contributed by atoms with van der Waals surface area (Å²) in [5.74, 6) is 0. The van der Waals surface area contributed by atoms with Gasteiger partial charge in [-0.2, -0.15) is 0 Å². The van der Waals surface area contributed by atoms with Gasteiger partial charge in [0, 0.05) is 24.6 Å². The van der Waals surface area contributed by atoms with Crippen molar-refractivity contribution in [3.8, 4) is 0 Å². The van der Waals surface area contributed by atoms with Gasteiger partial charge in [0.15, 0.2) is 5.50 Å². The second kappa shape index (κ2) is 7.74. The van der Waals surface area contributed by atoms with Crippen LogP contribution in [0.4, 0.5) is 0 Å². The van der Waals surface area contributed by atoms with Crippen LogP contribution in [0.5, 0.6) is 0 Å². The van der Waals surface area contributed by atoms with Crippen LogP contribution in [-0.2, 0) is 19.4 Å². The Hall–Kier alpha value is -2.60. The molecular weight excluding hydrogens is 342 g/mol. The van der Waals surface area contributed by atoms with Crippen molar-refractivity contribution in [2.45, 2.75) is 31.8 Å². The Balaban J connectivity index is 1.44. The number of aryl methyl sites for hydroxylation is 2. The molecule has 0 fully saturated rings. The molecule has 1 aliphatic rings. The van der Waals surface area contributed by atoms with E-state index in [1.807, 2.05) is 23.0 Å². The minimum absolute atomic E-state index is 0.105. The molecule has 5 nitrogen and oxygen atoms in total. The number of rotatable bonds is 6. The van der Waals surface area contributed by atoms with Crippen LogP contribution < -0.4 is 0 Å². The quantitative estimate of drug-likeness (QED) is 0.662. The summed E-state index contributed by atoms with van der Waals surface area (Å²) in [6.45, 7) is 2.95. The fourth-order valence-corrected chi connectivity index (χ4v) is 4.09. The second-order valence-corrected chi connectivity index (χ2v) is 7.32. The van der Waals surface area contributed by atoms with Crippen LogP contribution in [0.1, 0.15) is 29.2 Å². The predicted molar refractivity (Wildman–Crippen MR) is 104 cm³/mol. The zero-order valence-electron chi connectivity index (χ0n) is 14.7. The summed E-state index contributed by atoms with van der Waals surface area (Å²) >= 11 is 1.76. The predicted octanol–water partition coefficient (Wildman–Crippen LogP) is 4.02. The van der Waals surface area contributed by atoms with Crippen LogP contribution in [0, 0.1) is 0 Å². The minimum Gasteiger partial charge on any atom is -0.340 e. The van der Waals surface area contributed by atoms with Crippen molar-refractivity contribution in [2.24, 2.45) is 0 Å². The average Bonchev–Trinajstić information content (AvgIpc) is 3.29. The molecule has 6 heteroatoms. The summed E-state index contributed by atoms with van der Waals surface area (Å²) in [5.41, 5.74) is 4.89. The zero-order valence-corrected chi connectivity index (χ0v) is 15.5. The Kier molecular flexibility index (Phi) is 5.02. The van der Waals surface area contributed by atoms with E-state index in [1.54, 1.807) is 18.0 Å². The Labute approximate surface area is 157 Å². The van der Waals surface area contributed by atoms with Crippen molar-refractivity contribution < 1.29 is 0 Å². The highest BCUT2D eigenvalue weighted by Crippen LogP contribution is 2.39. The largest absolute Gasteiger partial charge is 0.340 e. The molecule has 0 saturated carbocycles. The maximum atomic E-state index is 4.39. The van der Waals surface area contributed by atoms with Crippen molar-refractivity contribution in [3.05, 3.63) is 89.0 Å². The van der Waals surface area contributed by atoms with Crippen molar-refractivity contribution in [3.63, 3.8) is 0 Å². The van der Waals surface area contributed by atoms with Crippen LogP contribution >= 0.6 is 11.8 Å². The third-order valence-electron chi connectivity index (χ3n) is 4.45. The second-order valence-electron chi connectivity index (χ2n) is 6.39. The summed E-state index contributed by atoms with van der Waals surface area (Å²) in [5, 5.41) is 11.0. The molecule has 132 valence electrons. The highest BCUT2D eigenvalue weighted by molar-refractivity contribution is 8.02. The van der Waals surface area contributed by atoms with Crippen LogP contribution in [0.25, 0.3) is 0 Å². The lowest BCUT2D eigenvalue weighted by atomic mass is 10.1. The van der Waals surface area contributed by atoms with E-state index in [0.717, 1.165) is 25.1 Å². The molecule has 3 heterocycles. The van der Waals surface area contributed by atoms with Gasteiger partial charge in [-0.15, -0.1) is 5.10 Å². The monoisotopic (exact) mass is 363 g/mol. The smallest absolute Gasteiger partial charge is 0.176 e. The number of hydrogen-bond donors (Lipinski definition) is 0. The summed E-state index contributed by atoms with van der Waals surface area (Å²) in [4.78, 5) is 6.55. The third kappa shape index (κ3) is 3.80. The maximum Gasteiger partial charge on any atom is 0.176 e. The van der Waals surface area contributed by atoms with Gasteiger partial charge >= 0.3 is 0 Å². The lowest BCUT2D eigenvalue weighted by molar-refractivity contribution is 0.251. The van der Waals surface area contributed by atoms with E-state index in [4.69, 9.17) is 0 Å². The molecule has 0 N–H and O–H groups in total. The van der Waals surface area contributed by atoms with Gasteiger partial charge in [0.2, 0.25) is 0 Å². The summed E-state index contributed by atoms with van der Waals surface area (Å²) in [7, 11) is 0. The number of benzene rings is 1.